The summed E-state index contributed by atoms with van der Waals surface area (Å²) >= 11 is 0. The van der Waals surface area contributed by atoms with Crippen molar-refractivity contribution in [3.63, 3.8) is 0 Å². The van der Waals surface area contributed by atoms with Gasteiger partial charge in [0, 0.05) is 12.1 Å². The molecule has 4 saturated carbocycles. The number of amides is 4. The van der Waals surface area contributed by atoms with Crippen molar-refractivity contribution in [1.29, 1.82) is 0 Å². The summed E-state index contributed by atoms with van der Waals surface area (Å²) in [6, 6.07) is 0.145. The van der Waals surface area contributed by atoms with Gasteiger partial charge < -0.3 is 0 Å². The van der Waals surface area contributed by atoms with Gasteiger partial charge in [0.25, 0.3) is 0 Å². The van der Waals surface area contributed by atoms with E-state index in [2.05, 4.69) is 25.3 Å². The van der Waals surface area contributed by atoms with Gasteiger partial charge in [-0.2, -0.15) is 0 Å². The summed E-state index contributed by atoms with van der Waals surface area (Å²) in [5, 5.41) is 0. The van der Waals surface area contributed by atoms with E-state index >= 15 is 0 Å². The van der Waals surface area contributed by atoms with E-state index in [0.29, 0.717) is 11.8 Å². The number of carbonyl (C=O) groups is 4. The van der Waals surface area contributed by atoms with Crippen LogP contribution in [0.4, 0.5) is 0 Å². The lowest BCUT2D eigenvalue weighted by molar-refractivity contribution is -0.145. The van der Waals surface area contributed by atoms with Gasteiger partial charge in [-0.3, -0.25) is 29.0 Å². The van der Waals surface area contributed by atoms with Gasteiger partial charge in [-0.1, -0.05) is 35.5 Å². The van der Waals surface area contributed by atoms with E-state index in [1.165, 1.54) is 17.6 Å². The van der Waals surface area contributed by atoms with Gasteiger partial charge in [0.15, 0.2) is 0 Å². The van der Waals surface area contributed by atoms with E-state index in [0.717, 1.165) is 77.0 Å². The van der Waals surface area contributed by atoms with Crippen molar-refractivity contribution in [3.05, 3.63) is 48.6 Å². The topological polar surface area (TPSA) is 74.8 Å². The second-order valence-corrected chi connectivity index (χ2v) is 15.3. The maximum Gasteiger partial charge on any atom is 0.233 e. The van der Waals surface area contributed by atoms with E-state index in [1.54, 1.807) is 9.80 Å². The molecule has 6 fully saturated rings. The maximum absolute atomic E-state index is 13.6. The second kappa shape index (κ2) is 10.4. The minimum atomic E-state index is -0.125. The van der Waals surface area contributed by atoms with Gasteiger partial charge >= 0.3 is 0 Å². The number of rotatable bonds is 8. The first-order chi connectivity index (χ1) is 20.9. The van der Waals surface area contributed by atoms with Crippen LogP contribution < -0.4 is 0 Å². The molecule has 0 N–H and O–H groups in total. The Balaban J connectivity index is 0.827. The van der Waals surface area contributed by atoms with Gasteiger partial charge in [0.05, 0.1) is 23.7 Å². The van der Waals surface area contributed by atoms with Crippen molar-refractivity contribution in [2.75, 3.05) is 0 Å². The molecule has 0 radical (unpaired) electrons. The Morgan fingerprint density at radius 3 is 1.33 bits per heavy atom. The summed E-state index contributed by atoms with van der Waals surface area (Å²) in [4.78, 5) is 57.5. The number of nitrogens with zero attached hydrogens (tertiary/aromatic N) is 2. The predicted molar refractivity (Wildman–Crippen MR) is 163 cm³/mol. The van der Waals surface area contributed by atoms with E-state index in [9.17, 15) is 19.2 Å². The third kappa shape index (κ3) is 4.10. The summed E-state index contributed by atoms with van der Waals surface area (Å²) < 4.78 is 0. The molecule has 8 unspecified atom stereocenters. The standard InChI is InChI=1S/C37H46N2O4/c1-3-5-22-16-24-18-28(22)32-30(24)34(40)38(36(32)42)26-11-7-20(8-12-26)15-21-9-13-27(14-10-21)39-35(41)31-25-17-23(6-4-2)29(19-25)33(31)37(39)43/h3-4,16-17,20-21,24-33H,1-2,5-15,18-19H2. The van der Waals surface area contributed by atoms with Crippen LogP contribution in [0.25, 0.3) is 0 Å². The molecule has 6 heteroatoms. The summed E-state index contributed by atoms with van der Waals surface area (Å²) in [7, 11) is 0. The molecular formula is C37H46N2O4. The van der Waals surface area contributed by atoms with Crippen molar-refractivity contribution >= 4 is 23.6 Å². The lowest BCUT2D eigenvalue weighted by atomic mass is 9.75. The normalized spacial score (nSPS) is 44.7. The van der Waals surface area contributed by atoms with Gasteiger partial charge in [-0.15, -0.1) is 13.2 Å². The fraction of sp³-hybridized carbons (Fsp3) is 0.676. The Kier molecular flexibility index (Phi) is 6.72. The highest BCUT2D eigenvalue weighted by Crippen LogP contribution is 2.58. The smallest absolute Gasteiger partial charge is 0.233 e. The molecule has 43 heavy (non-hydrogen) atoms. The highest BCUT2D eigenvalue weighted by Gasteiger charge is 2.63. The first-order valence-electron chi connectivity index (χ1n) is 17.3. The zero-order valence-corrected chi connectivity index (χ0v) is 25.4. The molecular weight excluding hydrogens is 536 g/mol. The highest BCUT2D eigenvalue weighted by molar-refractivity contribution is 6.07. The SMILES string of the molecule is C=CCC1=CC2CC1C1C(=O)N(C3CCC(CC4CCC(N5C(=O)C6C7C=C(CC=C)C(C7)C6C5=O)CC4)CC3)C(=O)C21. The quantitative estimate of drug-likeness (QED) is 0.260. The van der Waals surface area contributed by atoms with E-state index in [4.69, 9.17) is 0 Å². The Bertz CT molecular complexity index is 1230. The maximum atomic E-state index is 13.6. The van der Waals surface area contributed by atoms with Gasteiger partial charge in [0.1, 0.15) is 0 Å². The van der Waals surface area contributed by atoms with Crippen LogP contribution in [0.2, 0.25) is 0 Å². The van der Waals surface area contributed by atoms with Crippen LogP contribution in [0.5, 0.6) is 0 Å². The number of fused-ring (bicyclic) bond motifs is 10. The molecule has 4 amide bonds. The van der Waals surface area contributed by atoms with Crippen LogP contribution in [-0.2, 0) is 19.2 Å². The fourth-order valence-corrected chi connectivity index (χ4v) is 11.5. The molecule has 4 bridgehead atoms. The van der Waals surface area contributed by atoms with Gasteiger partial charge in [-0.05, 0) is 119 Å². The van der Waals surface area contributed by atoms with E-state index < -0.39 is 0 Å². The second-order valence-electron chi connectivity index (χ2n) is 15.3. The van der Waals surface area contributed by atoms with Crippen LogP contribution in [0.15, 0.2) is 48.6 Å². The van der Waals surface area contributed by atoms with Crippen LogP contribution in [0, 0.1) is 59.2 Å². The number of hydrogen-bond donors (Lipinski definition) is 0. The molecule has 0 spiro atoms. The van der Waals surface area contributed by atoms with Crippen molar-refractivity contribution in [2.45, 2.75) is 95.6 Å². The first kappa shape index (κ1) is 27.8. The number of allylic oxidation sites excluding steroid dienone is 6. The first-order valence-corrected chi connectivity index (χ1v) is 17.3. The summed E-state index contributed by atoms with van der Waals surface area (Å²) in [6.07, 6.45) is 21.2. The van der Waals surface area contributed by atoms with Crippen LogP contribution in [0.3, 0.4) is 0 Å². The number of imide groups is 2. The average Bonchev–Trinajstić information content (AvgIpc) is 3.83. The van der Waals surface area contributed by atoms with Crippen LogP contribution in [-0.4, -0.2) is 45.5 Å². The number of hydrogen-bond acceptors (Lipinski definition) is 4. The molecule has 228 valence electrons. The Hall–Kier alpha value is -2.76. The third-order valence-corrected chi connectivity index (χ3v) is 13.3. The number of carbonyl (C=O) groups excluding carboxylic acids is 4. The monoisotopic (exact) mass is 582 g/mol. The summed E-state index contributed by atoms with van der Waals surface area (Å²) in [5.74, 6) is 2.19. The minimum absolute atomic E-state index is 0.0725. The molecule has 0 aromatic carbocycles. The lowest BCUT2D eigenvalue weighted by Gasteiger charge is -2.38. The molecule has 2 saturated heterocycles. The zero-order valence-electron chi connectivity index (χ0n) is 25.4. The molecule has 6 nitrogen and oxygen atoms in total. The Morgan fingerprint density at radius 1 is 0.581 bits per heavy atom. The summed E-state index contributed by atoms with van der Waals surface area (Å²) in [6.45, 7) is 7.76. The van der Waals surface area contributed by atoms with E-state index in [-0.39, 0.29) is 83.1 Å². The molecule has 2 heterocycles. The molecule has 0 aromatic heterocycles. The molecule has 6 aliphatic carbocycles. The summed E-state index contributed by atoms with van der Waals surface area (Å²) in [5.41, 5.74) is 2.65. The van der Waals surface area contributed by atoms with Gasteiger partial charge in [0.2, 0.25) is 23.6 Å². The highest BCUT2D eigenvalue weighted by atomic mass is 16.2. The largest absolute Gasteiger partial charge is 0.279 e. The van der Waals surface area contributed by atoms with Crippen molar-refractivity contribution in [3.8, 4) is 0 Å². The predicted octanol–water partition coefficient (Wildman–Crippen LogP) is 6.00. The third-order valence-electron chi connectivity index (χ3n) is 13.3. The fourth-order valence-electron chi connectivity index (χ4n) is 11.5. The Labute approximate surface area is 255 Å². The number of likely N-dealkylation sites (tertiary alicyclic amines) is 2. The molecule has 0 aromatic rings. The van der Waals surface area contributed by atoms with Crippen LogP contribution in [0.1, 0.15) is 83.5 Å². The van der Waals surface area contributed by atoms with Crippen LogP contribution >= 0.6 is 0 Å². The molecule has 2 aliphatic heterocycles. The van der Waals surface area contributed by atoms with Crippen molar-refractivity contribution in [1.82, 2.24) is 9.80 Å². The lowest BCUT2D eigenvalue weighted by Crippen LogP contribution is -2.44. The minimum Gasteiger partial charge on any atom is -0.279 e. The van der Waals surface area contributed by atoms with E-state index in [1.807, 2.05) is 12.2 Å². The van der Waals surface area contributed by atoms with Crippen molar-refractivity contribution < 1.29 is 19.2 Å². The van der Waals surface area contributed by atoms with Crippen molar-refractivity contribution in [2.24, 2.45) is 59.2 Å². The van der Waals surface area contributed by atoms with Gasteiger partial charge in [-0.25, -0.2) is 0 Å². The molecule has 8 atom stereocenters. The molecule has 8 rings (SSSR count). The Morgan fingerprint density at radius 2 is 0.953 bits per heavy atom. The average molecular weight is 583 g/mol. The zero-order chi connectivity index (χ0) is 29.6. The molecule has 8 aliphatic rings.